The number of fused-ring (bicyclic) bond motifs is 2. The Labute approximate surface area is 188 Å². The Morgan fingerprint density at radius 3 is 2.91 bits per heavy atom. The molecule has 5 nitrogen and oxygen atoms in total. The number of nitrogens with one attached hydrogen (secondary N) is 1. The molecule has 3 heterocycles. The van der Waals surface area contributed by atoms with Gasteiger partial charge in [0.2, 0.25) is 0 Å². The molecule has 0 unspecified atom stereocenters. The van der Waals surface area contributed by atoms with Crippen LogP contribution < -0.4 is 15.0 Å². The summed E-state index contributed by atoms with van der Waals surface area (Å²) in [5, 5.41) is 3.40. The van der Waals surface area contributed by atoms with Gasteiger partial charge in [0.15, 0.2) is 5.82 Å². The van der Waals surface area contributed by atoms with Gasteiger partial charge in [-0.3, -0.25) is 0 Å². The van der Waals surface area contributed by atoms with Gasteiger partial charge in [0.1, 0.15) is 23.9 Å². The van der Waals surface area contributed by atoms with Gasteiger partial charge in [-0.25, -0.2) is 14.4 Å². The Hall–Kier alpha value is -2.99. The first-order valence-electron chi connectivity index (χ1n) is 11.4. The Morgan fingerprint density at radius 2 is 2.06 bits per heavy atom. The Bertz CT molecular complexity index is 1160. The molecule has 32 heavy (non-hydrogen) atoms. The monoisotopic (exact) mass is 432 g/mol. The fraction of sp³-hybridized carbons (Fsp3) is 0.385. The minimum atomic E-state index is -0.405. The van der Waals surface area contributed by atoms with E-state index in [-0.39, 0.29) is 0 Å². The molecule has 0 amide bonds. The molecule has 0 fully saturated rings. The smallest absolute Gasteiger partial charge is 0.167 e. The van der Waals surface area contributed by atoms with Crippen LogP contribution in [0.4, 0.5) is 10.1 Å². The number of benzene rings is 2. The van der Waals surface area contributed by atoms with Gasteiger partial charge < -0.3 is 15.0 Å². The highest BCUT2D eigenvalue weighted by atomic mass is 19.1. The standard InChI is InChI=1S/C26H29FN4O/c1-16(2)31-8-9-32-26-17(3)10-21(13-23(26)31)25-22(27)15-29-24(30-25)12-18-4-5-20-14-28-7-6-19(20)11-18/h4-5,10-11,13,15-16,28H,6-9,12,14H2,1-3H3. The highest BCUT2D eigenvalue weighted by Gasteiger charge is 2.24. The van der Waals surface area contributed by atoms with Gasteiger partial charge in [0, 0.05) is 24.6 Å². The van der Waals surface area contributed by atoms with Crippen LogP contribution in [0.1, 0.15) is 41.9 Å². The molecule has 166 valence electrons. The van der Waals surface area contributed by atoms with E-state index in [0.29, 0.717) is 30.6 Å². The molecule has 1 N–H and O–H groups in total. The summed E-state index contributed by atoms with van der Waals surface area (Å²) < 4.78 is 20.8. The highest BCUT2D eigenvalue weighted by molar-refractivity contribution is 5.74. The lowest BCUT2D eigenvalue weighted by Gasteiger charge is -2.35. The zero-order valence-corrected chi connectivity index (χ0v) is 18.9. The Morgan fingerprint density at radius 1 is 1.19 bits per heavy atom. The second-order valence-corrected chi connectivity index (χ2v) is 8.97. The molecular formula is C26H29FN4O. The van der Waals surface area contributed by atoms with Crippen LogP contribution in [-0.4, -0.2) is 35.7 Å². The third kappa shape index (κ3) is 3.95. The summed E-state index contributed by atoms with van der Waals surface area (Å²) in [7, 11) is 0. The predicted octanol–water partition coefficient (Wildman–Crippen LogP) is 4.43. The first-order valence-corrected chi connectivity index (χ1v) is 11.4. The molecule has 5 rings (SSSR count). The number of hydrogen-bond acceptors (Lipinski definition) is 5. The van der Waals surface area contributed by atoms with Crippen LogP contribution >= 0.6 is 0 Å². The minimum Gasteiger partial charge on any atom is -0.489 e. The van der Waals surface area contributed by atoms with Crippen LogP contribution in [0.5, 0.6) is 5.75 Å². The fourth-order valence-electron chi connectivity index (χ4n) is 4.71. The van der Waals surface area contributed by atoms with Gasteiger partial charge in [0.05, 0.1) is 18.4 Å². The molecular weight excluding hydrogens is 403 g/mol. The van der Waals surface area contributed by atoms with Crippen LogP contribution in [0.25, 0.3) is 11.3 Å². The lowest BCUT2D eigenvalue weighted by atomic mass is 9.97. The number of ether oxygens (including phenoxy) is 1. The van der Waals surface area contributed by atoms with Crippen molar-refractivity contribution in [3.05, 3.63) is 70.4 Å². The maximum Gasteiger partial charge on any atom is 0.167 e. The van der Waals surface area contributed by atoms with E-state index in [0.717, 1.165) is 54.2 Å². The van der Waals surface area contributed by atoms with Gasteiger partial charge in [0.25, 0.3) is 0 Å². The summed E-state index contributed by atoms with van der Waals surface area (Å²) in [5.41, 5.74) is 6.98. The van der Waals surface area contributed by atoms with E-state index in [1.807, 2.05) is 19.1 Å². The molecule has 0 spiro atoms. The van der Waals surface area contributed by atoms with Crippen LogP contribution in [0.15, 0.2) is 36.5 Å². The van der Waals surface area contributed by atoms with Crippen LogP contribution in [0.3, 0.4) is 0 Å². The number of nitrogens with zero attached hydrogens (tertiary/aromatic N) is 3. The first kappa shape index (κ1) is 20.9. The lowest BCUT2D eigenvalue weighted by Crippen LogP contribution is -2.38. The largest absolute Gasteiger partial charge is 0.489 e. The molecule has 0 saturated heterocycles. The van der Waals surface area contributed by atoms with E-state index in [2.05, 4.69) is 52.2 Å². The summed E-state index contributed by atoms with van der Waals surface area (Å²) in [4.78, 5) is 11.2. The molecule has 0 atom stereocenters. The molecule has 2 aliphatic heterocycles. The van der Waals surface area contributed by atoms with E-state index in [4.69, 9.17) is 4.74 Å². The number of rotatable bonds is 4. The van der Waals surface area contributed by atoms with E-state index in [1.54, 1.807) is 0 Å². The molecule has 1 aromatic heterocycles. The topological polar surface area (TPSA) is 50.3 Å². The SMILES string of the molecule is Cc1cc(-c2nc(Cc3ccc4c(c3)CCNC4)ncc2F)cc2c1OCCN2C(C)C. The number of halogens is 1. The van der Waals surface area contributed by atoms with Gasteiger partial charge in [-0.1, -0.05) is 18.2 Å². The number of aromatic nitrogens is 2. The molecule has 0 bridgehead atoms. The van der Waals surface area contributed by atoms with E-state index >= 15 is 0 Å². The van der Waals surface area contributed by atoms with Crippen molar-refractivity contribution >= 4 is 5.69 Å². The average molecular weight is 433 g/mol. The van der Waals surface area contributed by atoms with Crippen molar-refractivity contribution < 1.29 is 9.13 Å². The van der Waals surface area contributed by atoms with Gasteiger partial charge >= 0.3 is 0 Å². The summed E-state index contributed by atoms with van der Waals surface area (Å²) in [6, 6.07) is 10.8. The maximum atomic E-state index is 14.9. The Balaban J connectivity index is 1.49. The molecule has 6 heteroatoms. The first-order chi connectivity index (χ1) is 15.5. The van der Waals surface area contributed by atoms with E-state index in [1.165, 1.54) is 17.3 Å². The summed E-state index contributed by atoms with van der Waals surface area (Å²) in [5.74, 6) is 1.10. The predicted molar refractivity (Wildman–Crippen MR) is 125 cm³/mol. The highest BCUT2D eigenvalue weighted by Crippen LogP contribution is 2.39. The quantitative estimate of drug-likeness (QED) is 0.661. The van der Waals surface area contributed by atoms with Crippen molar-refractivity contribution in [1.29, 1.82) is 0 Å². The molecule has 2 aromatic carbocycles. The maximum absolute atomic E-state index is 14.9. The summed E-state index contributed by atoms with van der Waals surface area (Å²) in [6.07, 6.45) is 2.91. The van der Waals surface area contributed by atoms with Gasteiger partial charge in [-0.15, -0.1) is 0 Å². The molecule has 0 aliphatic carbocycles. The van der Waals surface area contributed by atoms with Crippen molar-refractivity contribution in [3.8, 4) is 17.0 Å². The number of hydrogen-bond donors (Lipinski definition) is 1. The van der Waals surface area contributed by atoms with Crippen molar-refractivity contribution in [2.75, 3.05) is 24.6 Å². The summed E-state index contributed by atoms with van der Waals surface area (Å²) >= 11 is 0. The number of anilines is 1. The van der Waals surface area contributed by atoms with Crippen molar-refractivity contribution in [3.63, 3.8) is 0 Å². The average Bonchev–Trinajstić information content (AvgIpc) is 2.79. The molecule has 2 aliphatic rings. The van der Waals surface area contributed by atoms with Crippen LogP contribution in [0, 0.1) is 12.7 Å². The molecule has 3 aromatic rings. The van der Waals surface area contributed by atoms with Crippen molar-refractivity contribution in [1.82, 2.24) is 15.3 Å². The summed E-state index contributed by atoms with van der Waals surface area (Å²) in [6.45, 7) is 9.73. The van der Waals surface area contributed by atoms with Gasteiger partial charge in [-0.05, 0) is 68.1 Å². The zero-order chi connectivity index (χ0) is 22.2. The van der Waals surface area contributed by atoms with Crippen molar-refractivity contribution in [2.45, 2.75) is 46.2 Å². The normalized spacial score (nSPS) is 15.3. The Kier molecular flexibility index (Phi) is 5.55. The minimum absolute atomic E-state index is 0.331. The van der Waals surface area contributed by atoms with Crippen LogP contribution in [0.2, 0.25) is 0 Å². The second-order valence-electron chi connectivity index (χ2n) is 8.97. The zero-order valence-electron chi connectivity index (χ0n) is 18.9. The fourth-order valence-corrected chi connectivity index (χ4v) is 4.71. The van der Waals surface area contributed by atoms with Gasteiger partial charge in [-0.2, -0.15) is 0 Å². The second kappa shape index (κ2) is 8.51. The van der Waals surface area contributed by atoms with E-state index in [9.17, 15) is 4.39 Å². The van der Waals surface area contributed by atoms with E-state index < -0.39 is 5.82 Å². The molecule has 0 radical (unpaired) electrons. The van der Waals surface area contributed by atoms with Crippen molar-refractivity contribution in [2.24, 2.45) is 0 Å². The third-order valence-corrected chi connectivity index (χ3v) is 6.35. The van der Waals surface area contributed by atoms with Crippen LogP contribution in [-0.2, 0) is 19.4 Å². The lowest BCUT2D eigenvalue weighted by molar-refractivity contribution is 0.301. The molecule has 0 saturated carbocycles. The number of aryl methyl sites for hydroxylation is 1. The third-order valence-electron chi connectivity index (χ3n) is 6.35.